The number of fused-ring (bicyclic) bond motifs is 1. The lowest BCUT2D eigenvalue weighted by Gasteiger charge is -1.92. The van der Waals surface area contributed by atoms with Crippen LogP contribution in [0, 0.1) is 0 Å². The summed E-state index contributed by atoms with van der Waals surface area (Å²) in [6, 6.07) is 7.39. The number of hydrogen-bond donors (Lipinski definition) is 2. The van der Waals surface area contributed by atoms with Crippen molar-refractivity contribution in [1.29, 1.82) is 0 Å². The molecular weight excluding hydrogens is 236 g/mol. The smallest absolute Gasteiger partial charge is 0.320 e. The second kappa shape index (κ2) is 3.84. The highest BCUT2D eigenvalue weighted by molar-refractivity contribution is 8.69. The van der Waals surface area contributed by atoms with Gasteiger partial charge in [0.15, 0.2) is 0 Å². The summed E-state index contributed by atoms with van der Waals surface area (Å²) in [6.45, 7) is 0. The van der Waals surface area contributed by atoms with E-state index in [-0.39, 0.29) is 5.75 Å². The third-order valence-electron chi connectivity index (χ3n) is 1.78. The lowest BCUT2D eigenvalue weighted by Crippen LogP contribution is -1.92. The Morgan fingerprint density at radius 3 is 2.80 bits per heavy atom. The molecule has 80 valence electrons. The average molecular weight is 244 g/mol. The molecule has 1 aromatic heterocycles. The summed E-state index contributed by atoms with van der Waals surface area (Å²) in [5.74, 6) is 0.631. The zero-order valence-corrected chi connectivity index (χ0v) is 9.18. The third kappa shape index (κ3) is 2.71. The van der Waals surface area contributed by atoms with Gasteiger partial charge in [-0.15, -0.1) is 0 Å². The summed E-state index contributed by atoms with van der Waals surface area (Å²) in [5, 5.41) is 0. The largest absolute Gasteiger partial charge is 0.341 e. The van der Waals surface area contributed by atoms with Gasteiger partial charge in [0.2, 0.25) is 0 Å². The first-order valence-electron chi connectivity index (χ1n) is 4.10. The fraction of sp³-hybridized carbons (Fsp3) is 0.125. The van der Waals surface area contributed by atoms with Crippen LogP contribution < -0.4 is 0 Å². The molecule has 1 heterocycles. The predicted octanol–water partition coefficient (Wildman–Crippen LogP) is 1.60. The Labute approximate surface area is 90.1 Å². The number of para-hydroxylation sites is 2. The van der Waals surface area contributed by atoms with E-state index in [1.807, 2.05) is 24.3 Å². The van der Waals surface area contributed by atoms with Gasteiger partial charge >= 0.3 is 9.15 Å². The first-order chi connectivity index (χ1) is 7.04. The van der Waals surface area contributed by atoms with Gasteiger partial charge in [0.05, 0.1) is 16.8 Å². The molecule has 0 amide bonds. The van der Waals surface area contributed by atoms with Crippen molar-refractivity contribution >= 4 is 31.0 Å². The second-order valence-electron chi connectivity index (χ2n) is 2.89. The fourth-order valence-electron chi connectivity index (χ4n) is 1.20. The monoisotopic (exact) mass is 244 g/mol. The summed E-state index contributed by atoms with van der Waals surface area (Å²) in [7, 11) is -3.57. The molecule has 2 N–H and O–H groups in total. The van der Waals surface area contributed by atoms with Gasteiger partial charge in [0.25, 0.3) is 0 Å². The van der Waals surface area contributed by atoms with Crippen molar-refractivity contribution in [3.05, 3.63) is 30.1 Å². The van der Waals surface area contributed by atoms with Crippen LogP contribution in [-0.4, -0.2) is 22.9 Å². The summed E-state index contributed by atoms with van der Waals surface area (Å²) in [4.78, 5) is 7.12. The second-order valence-corrected chi connectivity index (χ2v) is 6.24. The number of benzene rings is 1. The number of rotatable bonds is 3. The molecule has 0 radical (unpaired) electrons. The molecule has 7 heteroatoms. The maximum Gasteiger partial charge on any atom is 0.320 e. The number of nitrogens with zero attached hydrogens (tertiary/aromatic N) is 1. The quantitative estimate of drug-likeness (QED) is 0.633. The van der Waals surface area contributed by atoms with Gasteiger partial charge in [0, 0.05) is 10.8 Å². The van der Waals surface area contributed by atoms with E-state index in [2.05, 4.69) is 9.97 Å². The van der Waals surface area contributed by atoms with Crippen molar-refractivity contribution in [3.8, 4) is 0 Å². The maximum atomic E-state index is 10.5. The van der Waals surface area contributed by atoms with Crippen molar-refractivity contribution in [2.75, 3.05) is 0 Å². The van der Waals surface area contributed by atoms with Gasteiger partial charge in [-0.1, -0.05) is 12.1 Å². The van der Waals surface area contributed by atoms with Crippen LogP contribution in [0.2, 0.25) is 0 Å². The van der Waals surface area contributed by atoms with Crippen LogP contribution in [0.25, 0.3) is 11.0 Å². The number of hydrogen-bond acceptors (Lipinski definition) is 4. The van der Waals surface area contributed by atoms with Crippen molar-refractivity contribution in [3.63, 3.8) is 0 Å². The summed E-state index contributed by atoms with van der Waals surface area (Å²) in [6.07, 6.45) is 0. The normalized spacial score (nSPS) is 12.1. The molecule has 0 bridgehead atoms. The Morgan fingerprint density at radius 2 is 2.13 bits per heavy atom. The van der Waals surface area contributed by atoms with Gasteiger partial charge in [-0.05, 0) is 12.1 Å². The molecule has 0 aliphatic rings. The standard InChI is InChI=1S/C8H8N2O3S2/c11-15(12,13)14-5-8-9-6-3-1-2-4-7(6)10-8/h1-4H,5H2,(H,9,10)(H,11,12,13). The molecule has 0 aliphatic heterocycles. The van der Waals surface area contributed by atoms with Crippen molar-refractivity contribution in [2.24, 2.45) is 0 Å². The van der Waals surface area contributed by atoms with E-state index in [9.17, 15) is 8.42 Å². The molecule has 0 atom stereocenters. The van der Waals surface area contributed by atoms with Gasteiger partial charge in [-0.2, -0.15) is 8.42 Å². The Morgan fingerprint density at radius 1 is 1.40 bits per heavy atom. The lowest BCUT2D eigenvalue weighted by atomic mass is 10.3. The van der Waals surface area contributed by atoms with Crippen LogP contribution in [-0.2, 0) is 14.9 Å². The molecule has 0 unspecified atom stereocenters. The van der Waals surface area contributed by atoms with Crippen LogP contribution in [0.4, 0.5) is 0 Å². The molecular formula is C8H8N2O3S2. The summed E-state index contributed by atoms with van der Waals surface area (Å²) < 4.78 is 29.5. The minimum absolute atomic E-state index is 0.105. The van der Waals surface area contributed by atoms with Crippen molar-refractivity contribution < 1.29 is 13.0 Å². The van der Waals surface area contributed by atoms with E-state index in [1.54, 1.807) is 0 Å². The first kappa shape index (κ1) is 10.5. The highest BCUT2D eigenvalue weighted by Crippen LogP contribution is 2.18. The number of imidazole rings is 1. The molecule has 0 saturated heterocycles. The highest BCUT2D eigenvalue weighted by atomic mass is 33.1. The Kier molecular flexibility index (Phi) is 2.68. The number of nitrogens with one attached hydrogen (secondary N) is 1. The molecule has 0 fully saturated rings. The van der Waals surface area contributed by atoms with Crippen LogP contribution in [0.15, 0.2) is 24.3 Å². The average Bonchev–Trinajstić information content (AvgIpc) is 2.56. The van der Waals surface area contributed by atoms with Crippen molar-refractivity contribution in [2.45, 2.75) is 5.75 Å². The Bertz CT molecular complexity index is 543. The summed E-state index contributed by atoms with van der Waals surface area (Å²) >= 11 is 0. The molecule has 5 nitrogen and oxygen atoms in total. The van der Waals surface area contributed by atoms with Crippen LogP contribution in [0.1, 0.15) is 5.82 Å². The molecule has 15 heavy (non-hydrogen) atoms. The zero-order valence-electron chi connectivity index (χ0n) is 7.54. The van der Waals surface area contributed by atoms with E-state index < -0.39 is 9.15 Å². The Balaban J connectivity index is 2.23. The number of H-pyrrole nitrogens is 1. The maximum absolute atomic E-state index is 10.5. The minimum atomic E-state index is -4.00. The Hall–Kier alpha value is -1.05. The van der Waals surface area contributed by atoms with Gasteiger partial charge < -0.3 is 4.98 Å². The van der Waals surface area contributed by atoms with E-state index in [0.29, 0.717) is 16.6 Å². The van der Waals surface area contributed by atoms with E-state index in [1.165, 1.54) is 0 Å². The molecule has 0 aliphatic carbocycles. The predicted molar refractivity (Wildman–Crippen MR) is 58.9 cm³/mol. The molecule has 1 aromatic carbocycles. The highest BCUT2D eigenvalue weighted by Gasteiger charge is 2.08. The van der Waals surface area contributed by atoms with Crippen LogP contribution >= 0.6 is 10.8 Å². The topological polar surface area (TPSA) is 83.1 Å². The van der Waals surface area contributed by atoms with Gasteiger partial charge in [-0.25, -0.2) is 4.98 Å². The van der Waals surface area contributed by atoms with Crippen LogP contribution in [0.3, 0.4) is 0 Å². The van der Waals surface area contributed by atoms with E-state index >= 15 is 0 Å². The van der Waals surface area contributed by atoms with Gasteiger partial charge in [-0.3, -0.25) is 4.55 Å². The molecule has 2 aromatic rings. The number of aromatic nitrogens is 2. The fourth-order valence-corrected chi connectivity index (χ4v) is 2.38. The SMILES string of the molecule is O=S(=O)(O)SCc1nc2ccccc2[nH]1. The molecule has 0 spiro atoms. The number of aromatic amines is 1. The van der Waals surface area contributed by atoms with E-state index in [0.717, 1.165) is 11.0 Å². The third-order valence-corrected chi connectivity index (χ3v) is 3.72. The van der Waals surface area contributed by atoms with E-state index in [4.69, 9.17) is 4.55 Å². The first-order valence-corrected chi connectivity index (χ1v) is 7.04. The molecule has 0 saturated carbocycles. The zero-order chi connectivity index (χ0) is 10.9. The minimum Gasteiger partial charge on any atom is -0.341 e. The molecule has 2 rings (SSSR count). The lowest BCUT2D eigenvalue weighted by molar-refractivity contribution is 0.503. The van der Waals surface area contributed by atoms with Crippen LogP contribution in [0.5, 0.6) is 0 Å². The van der Waals surface area contributed by atoms with Crippen molar-refractivity contribution in [1.82, 2.24) is 9.97 Å². The summed E-state index contributed by atoms with van der Waals surface area (Å²) in [5.41, 5.74) is 1.63. The van der Waals surface area contributed by atoms with Gasteiger partial charge in [0.1, 0.15) is 5.82 Å².